The van der Waals surface area contributed by atoms with Crippen LogP contribution in [-0.4, -0.2) is 5.91 Å². The number of hydrogen-bond acceptors (Lipinski definition) is 2. The highest BCUT2D eigenvalue weighted by molar-refractivity contribution is 5.99. The lowest BCUT2D eigenvalue weighted by Crippen LogP contribution is -2.34. The molecule has 0 spiro atoms. The summed E-state index contributed by atoms with van der Waals surface area (Å²) in [6, 6.07) is 9.70. The highest BCUT2D eigenvalue weighted by atomic mass is 16.2. The van der Waals surface area contributed by atoms with Crippen molar-refractivity contribution in [1.82, 2.24) is 5.43 Å². The number of carbonyl (C=O) groups excluding carboxylic acids is 1. The van der Waals surface area contributed by atoms with Gasteiger partial charge in [0.1, 0.15) is 0 Å². The molecular weight excluding hydrogens is 188 g/mol. The van der Waals surface area contributed by atoms with E-state index < -0.39 is 0 Å². The highest BCUT2D eigenvalue weighted by Gasteiger charge is 2.38. The van der Waals surface area contributed by atoms with Crippen LogP contribution in [0.15, 0.2) is 42.1 Å². The lowest BCUT2D eigenvalue weighted by Gasteiger charge is -2.16. The number of fused-ring (bicyclic) bond motifs is 1. The van der Waals surface area contributed by atoms with Crippen molar-refractivity contribution in [2.24, 2.45) is 5.92 Å². The molecule has 0 saturated carbocycles. The van der Waals surface area contributed by atoms with E-state index in [1.807, 2.05) is 30.3 Å². The molecule has 0 aromatic heterocycles. The van der Waals surface area contributed by atoms with Crippen molar-refractivity contribution in [3.63, 3.8) is 0 Å². The molecule has 1 aliphatic heterocycles. The third kappa shape index (κ3) is 1.23. The fourth-order valence-electron chi connectivity index (χ4n) is 2.19. The Hall–Kier alpha value is -1.77. The van der Waals surface area contributed by atoms with Crippen LogP contribution in [0.5, 0.6) is 0 Å². The summed E-state index contributed by atoms with van der Waals surface area (Å²) in [4.78, 5) is 12.0. The van der Waals surface area contributed by atoms with Crippen molar-refractivity contribution in [2.75, 3.05) is 5.01 Å². The first-order valence-electron chi connectivity index (χ1n) is 5.22. The van der Waals surface area contributed by atoms with Gasteiger partial charge in [-0.25, -0.2) is 5.01 Å². The second-order valence-corrected chi connectivity index (χ2v) is 3.91. The molecule has 1 atom stereocenters. The average molecular weight is 200 g/mol. The highest BCUT2D eigenvalue weighted by Crippen LogP contribution is 2.32. The number of nitrogens with zero attached hydrogens (tertiary/aromatic N) is 1. The SMILES string of the molecule is O=C1C2CCC=C2NN1c1ccccc1. The predicted octanol–water partition coefficient (Wildman–Crippen LogP) is 1.83. The Kier molecular flexibility index (Phi) is 1.78. The first kappa shape index (κ1) is 8.53. The molecule has 2 aliphatic rings. The lowest BCUT2D eigenvalue weighted by molar-refractivity contribution is -0.120. The van der Waals surface area contributed by atoms with Gasteiger partial charge in [0.15, 0.2) is 0 Å². The predicted molar refractivity (Wildman–Crippen MR) is 57.9 cm³/mol. The van der Waals surface area contributed by atoms with Crippen molar-refractivity contribution in [3.8, 4) is 0 Å². The molecule has 3 nitrogen and oxygen atoms in total. The molecule has 1 aliphatic carbocycles. The summed E-state index contributed by atoms with van der Waals surface area (Å²) in [5, 5.41) is 1.65. The van der Waals surface area contributed by atoms with Crippen LogP contribution in [0.1, 0.15) is 12.8 Å². The van der Waals surface area contributed by atoms with Crippen LogP contribution in [0.2, 0.25) is 0 Å². The van der Waals surface area contributed by atoms with E-state index in [1.165, 1.54) is 0 Å². The van der Waals surface area contributed by atoms with E-state index in [9.17, 15) is 4.79 Å². The maximum Gasteiger partial charge on any atom is 0.254 e. The number of benzene rings is 1. The molecule has 1 N–H and O–H groups in total. The smallest absolute Gasteiger partial charge is 0.254 e. The molecule has 3 heteroatoms. The van der Waals surface area contributed by atoms with Crippen LogP contribution in [0.25, 0.3) is 0 Å². The molecule has 76 valence electrons. The number of carbonyl (C=O) groups is 1. The number of nitrogens with one attached hydrogen (secondary N) is 1. The normalized spacial score (nSPS) is 23.7. The van der Waals surface area contributed by atoms with Crippen LogP contribution in [-0.2, 0) is 4.79 Å². The lowest BCUT2D eigenvalue weighted by atomic mass is 10.1. The van der Waals surface area contributed by atoms with Crippen LogP contribution < -0.4 is 10.4 Å². The molecule has 1 heterocycles. The summed E-state index contributed by atoms with van der Waals surface area (Å²) >= 11 is 0. The van der Waals surface area contributed by atoms with E-state index in [0.29, 0.717) is 0 Å². The van der Waals surface area contributed by atoms with Crippen molar-refractivity contribution in [1.29, 1.82) is 0 Å². The number of amides is 1. The van der Waals surface area contributed by atoms with E-state index >= 15 is 0 Å². The Balaban J connectivity index is 1.94. The number of hydrogen-bond donors (Lipinski definition) is 1. The Morgan fingerprint density at radius 1 is 1.27 bits per heavy atom. The summed E-state index contributed by atoms with van der Waals surface area (Å²) < 4.78 is 0. The number of para-hydroxylation sites is 1. The molecule has 1 amide bonds. The molecule has 0 bridgehead atoms. The number of rotatable bonds is 1. The molecule has 1 saturated heterocycles. The first-order chi connectivity index (χ1) is 7.36. The molecule has 0 radical (unpaired) electrons. The summed E-state index contributed by atoms with van der Waals surface area (Å²) in [5.41, 5.74) is 5.15. The molecular formula is C12H12N2O. The third-order valence-electron chi connectivity index (χ3n) is 2.97. The Morgan fingerprint density at radius 3 is 2.80 bits per heavy atom. The van der Waals surface area contributed by atoms with Gasteiger partial charge >= 0.3 is 0 Å². The standard InChI is InChI=1S/C12H12N2O/c15-12-10-7-4-8-11(10)13-14(12)9-5-2-1-3-6-9/h1-3,5-6,8,10,13H,4,7H2. The zero-order chi connectivity index (χ0) is 10.3. The summed E-state index contributed by atoms with van der Waals surface area (Å²) in [7, 11) is 0. The first-order valence-corrected chi connectivity index (χ1v) is 5.22. The molecule has 3 rings (SSSR count). The van der Waals surface area contributed by atoms with Gasteiger partial charge in [0.25, 0.3) is 5.91 Å². The monoisotopic (exact) mass is 200 g/mol. The summed E-state index contributed by atoms with van der Waals surface area (Å²) in [5.74, 6) is 0.246. The van der Waals surface area contributed by atoms with Crippen LogP contribution in [0, 0.1) is 5.92 Å². The van der Waals surface area contributed by atoms with Crippen LogP contribution >= 0.6 is 0 Å². The Morgan fingerprint density at radius 2 is 2.07 bits per heavy atom. The van der Waals surface area contributed by atoms with Gasteiger partial charge in [-0.1, -0.05) is 24.3 Å². The molecule has 1 unspecified atom stereocenters. The van der Waals surface area contributed by atoms with Gasteiger partial charge in [-0.3, -0.25) is 10.2 Å². The fraction of sp³-hybridized carbons (Fsp3) is 0.250. The van der Waals surface area contributed by atoms with Crippen molar-refractivity contribution < 1.29 is 4.79 Å². The van der Waals surface area contributed by atoms with E-state index in [1.54, 1.807) is 5.01 Å². The van der Waals surface area contributed by atoms with E-state index in [-0.39, 0.29) is 11.8 Å². The van der Waals surface area contributed by atoms with Gasteiger partial charge in [0.05, 0.1) is 11.6 Å². The number of anilines is 1. The van der Waals surface area contributed by atoms with Gasteiger partial charge in [-0.05, 0) is 25.0 Å². The van der Waals surface area contributed by atoms with Gasteiger partial charge in [-0.2, -0.15) is 0 Å². The van der Waals surface area contributed by atoms with E-state index in [4.69, 9.17) is 0 Å². The zero-order valence-corrected chi connectivity index (χ0v) is 8.31. The average Bonchev–Trinajstić information content (AvgIpc) is 2.83. The van der Waals surface area contributed by atoms with Gasteiger partial charge in [0, 0.05) is 5.70 Å². The van der Waals surface area contributed by atoms with Crippen molar-refractivity contribution >= 4 is 11.6 Å². The number of hydrazine groups is 1. The summed E-state index contributed by atoms with van der Waals surface area (Å²) in [6.07, 6.45) is 4.08. The van der Waals surface area contributed by atoms with Crippen LogP contribution in [0.4, 0.5) is 5.69 Å². The Labute approximate surface area is 88.4 Å². The molecule has 1 aromatic carbocycles. The van der Waals surface area contributed by atoms with Crippen molar-refractivity contribution in [2.45, 2.75) is 12.8 Å². The largest absolute Gasteiger partial charge is 0.295 e. The minimum Gasteiger partial charge on any atom is -0.295 e. The maximum absolute atomic E-state index is 12.0. The quantitative estimate of drug-likeness (QED) is 0.750. The molecule has 15 heavy (non-hydrogen) atoms. The zero-order valence-electron chi connectivity index (χ0n) is 8.31. The third-order valence-corrected chi connectivity index (χ3v) is 2.97. The number of allylic oxidation sites excluding steroid dienone is 1. The topological polar surface area (TPSA) is 32.3 Å². The van der Waals surface area contributed by atoms with Gasteiger partial charge in [-0.15, -0.1) is 0 Å². The van der Waals surface area contributed by atoms with Crippen LogP contribution in [0.3, 0.4) is 0 Å². The second-order valence-electron chi connectivity index (χ2n) is 3.91. The van der Waals surface area contributed by atoms with Crippen molar-refractivity contribution in [3.05, 3.63) is 42.1 Å². The van der Waals surface area contributed by atoms with E-state index in [0.717, 1.165) is 24.2 Å². The fourth-order valence-corrected chi connectivity index (χ4v) is 2.19. The second kappa shape index (κ2) is 3.12. The minimum absolute atomic E-state index is 0.0743. The Bertz CT molecular complexity index is 425. The summed E-state index contributed by atoms with van der Waals surface area (Å²) in [6.45, 7) is 0. The van der Waals surface area contributed by atoms with E-state index in [2.05, 4.69) is 11.5 Å². The maximum atomic E-state index is 12.0. The molecule has 1 fully saturated rings. The van der Waals surface area contributed by atoms with Gasteiger partial charge < -0.3 is 0 Å². The van der Waals surface area contributed by atoms with Gasteiger partial charge in [0.2, 0.25) is 0 Å². The minimum atomic E-state index is 0.0743. The molecule has 1 aromatic rings.